The van der Waals surface area contributed by atoms with E-state index in [9.17, 15) is 9.90 Å². The van der Waals surface area contributed by atoms with E-state index in [1.54, 1.807) is 0 Å². The Hall–Kier alpha value is -1.39. The Morgan fingerprint density at radius 1 is 1.41 bits per heavy atom. The summed E-state index contributed by atoms with van der Waals surface area (Å²) in [5.41, 5.74) is 1.19. The molecule has 0 spiro atoms. The fourth-order valence-corrected chi connectivity index (χ4v) is 2.22. The summed E-state index contributed by atoms with van der Waals surface area (Å²) in [5, 5.41) is 9.80. The van der Waals surface area contributed by atoms with Crippen LogP contribution < -0.4 is 0 Å². The third-order valence-electron chi connectivity index (χ3n) is 3.12. The quantitative estimate of drug-likeness (QED) is 0.782. The van der Waals surface area contributed by atoms with Gasteiger partial charge in [-0.2, -0.15) is 0 Å². The average molecular weight is 235 g/mol. The average Bonchev–Trinajstić information content (AvgIpc) is 2.70. The summed E-state index contributed by atoms with van der Waals surface area (Å²) in [7, 11) is 1.36. The summed E-state index contributed by atoms with van der Waals surface area (Å²) in [6.45, 7) is 1.84. The Bertz CT molecular complexity index is 380. The minimum absolute atomic E-state index is 0.326. The van der Waals surface area contributed by atoms with Crippen LogP contribution in [-0.4, -0.2) is 42.3 Å². The van der Waals surface area contributed by atoms with E-state index in [2.05, 4.69) is 9.64 Å². The van der Waals surface area contributed by atoms with Crippen LogP contribution in [-0.2, 0) is 16.1 Å². The van der Waals surface area contributed by atoms with E-state index in [1.807, 2.05) is 30.3 Å². The predicted molar refractivity (Wildman–Crippen MR) is 63.2 cm³/mol. The van der Waals surface area contributed by atoms with E-state index in [4.69, 9.17) is 0 Å². The number of methoxy groups -OCH3 is 1. The molecule has 2 atom stereocenters. The highest BCUT2D eigenvalue weighted by Crippen LogP contribution is 2.20. The number of rotatable bonds is 3. The van der Waals surface area contributed by atoms with Crippen molar-refractivity contribution in [3.8, 4) is 0 Å². The van der Waals surface area contributed by atoms with Crippen LogP contribution in [0.25, 0.3) is 0 Å². The molecule has 0 amide bonds. The molecule has 1 saturated heterocycles. The van der Waals surface area contributed by atoms with Crippen LogP contribution in [0.15, 0.2) is 30.3 Å². The molecule has 0 radical (unpaired) electrons. The monoisotopic (exact) mass is 235 g/mol. The van der Waals surface area contributed by atoms with Crippen molar-refractivity contribution >= 4 is 5.97 Å². The van der Waals surface area contributed by atoms with Crippen LogP contribution in [0.2, 0.25) is 0 Å². The van der Waals surface area contributed by atoms with Crippen molar-refractivity contribution in [1.82, 2.24) is 4.90 Å². The van der Waals surface area contributed by atoms with Crippen molar-refractivity contribution in [3.63, 3.8) is 0 Å². The standard InChI is InChI=1S/C13H17NO3/c1-17-13(16)11-8-14(9-12(11)15)7-10-5-3-2-4-6-10/h2-6,11-12,15H,7-9H2,1H3. The van der Waals surface area contributed by atoms with Crippen molar-refractivity contribution in [2.75, 3.05) is 20.2 Å². The highest BCUT2D eigenvalue weighted by molar-refractivity contribution is 5.73. The third-order valence-corrected chi connectivity index (χ3v) is 3.12. The number of esters is 1. The van der Waals surface area contributed by atoms with Crippen molar-refractivity contribution in [2.45, 2.75) is 12.6 Å². The number of hydrogen-bond donors (Lipinski definition) is 1. The van der Waals surface area contributed by atoms with Crippen LogP contribution in [0.3, 0.4) is 0 Å². The molecule has 92 valence electrons. The second-order valence-corrected chi connectivity index (χ2v) is 4.38. The molecule has 1 N–H and O–H groups in total. The maximum absolute atomic E-state index is 11.4. The lowest BCUT2D eigenvalue weighted by Gasteiger charge is -2.14. The van der Waals surface area contributed by atoms with Crippen LogP contribution in [0.4, 0.5) is 0 Å². The van der Waals surface area contributed by atoms with Gasteiger partial charge in [-0.1, -0.05) is 30.3 Å². The highest BCUT2D eigenvalue weighted by atomic mass is 16.5. The van der Waals surface area contributed by atoms with Gasteiger partial charge in [-0.25, -0.2) is 0 Å². The molecular weight excluding hydrogens is 218 g/mol. The Balaban J connectivity index is 1.95. The van der Waals surface area contributed by atoms with Crippen LogP contribution in [0, 0.1) is 5.92 Å². The minimum Gasteiger partial charge on any atom is -0.469 e. The van der Waals surface area contributed by atoms with E-state index >= 15 is 0 Å². The number of nitrogens with zero attached hydrogens (tertiary/aromatic N) is 1. The van der Waals surface area contributed by atoms with Gasteiger partial charge in [-0.15, -0.1) is 0 Å². The summed E-state index contributed by atoms with van der Waals surface area (Å²) in [6, 6.07) is 10.0. The topological polar surface area (TPSA) is 49.8 Å². The normalized spacial score (nSPS) is 24.8. The van der Waals surface area contributed by atoms with Gasteiger partial charge in [0.25, 0.3) is 0 Å². The third kappa shape index (κ3) is 2.84. The summed E-state index contributed by atoms with van der Waals surface area (Å²) in [4.78, 5) is 13.5. The smallest absolute Gasteiger partial charge is 0.312 e. The molecule has 17 heavy (non-hydrogen) atoms. The number of aliphatic hydroxyl groups is 1. The summed E-state index contributed by atoms with van der Waals surface area (Å²) in [6.07, 6.45) is -0.619. The van der Waals surface area contributed by atoms with Crippen LogP contribution in [0.1, 0.15) is 5.56 Å². The Morgan fingerprint density at radius 2 is 2.12 bits per heavy atom. The molecule has 1 aromatic carbocycles. The van der Waals surface area contributed by atoms with Crippen LogP contribution >= 0.6 is 0 Å². The lowest BCUT2D eigenvalue weighted by atomic mass is 10.1. The van der Waals surface area contributed by atoms with Crippen molar-refractivity contribution in [3.05, 3.63) is 35.9 Å². The number of likely N-dealkylation sites (tertiary alicyclic amines) is 1. The van der Waals surface area contributed by atoms with Gasteiger partial charge in [0.2, 0.25) is 0 Å². The van der Waals surface area contributed by atoms with Gasteiger partial charge >= 0.3 is 5.97 Å². The number of ether oxygens (including phenoxy) is 1. The molecule has 1 heterocycles. The predicted octanol–water partition coefficient (Wildman–Crippen LogP) is 0.652. The van der Waals surface area contributed by atoms with Crippen LogP contribution in [0.5, 0.6) is 0 Å². The molecule has 1 fully saturated rings. The maximum Gasteiger partial charge on any atom is 0.312 e. The van der Waals surface area contributed by atoms with Gasteiger partial charge in [0.05, 0.1) is 19.1 Å². The number of hydrogen-bond acceptors (Lipinski definition) is 4. The van der Waals surface area contributed by atoms with Crippen molar-refractivity contribution in [2.24, 2.45) is 5.92 Å². The molecule has 0 saturated carbocycles. The molecule has 4 heteroatoms. The summed E-state index contributed by atoms with van der Waals surface area (Å²) >= 11 is 0. The zero-order valence-electron chi connectivity index (χ0n) is 9.87. The molecule has 4 nitrogen and oxygen atoms in total. The number of β-amino-alcohol motifs (C(OH)–C–C–N with tert-alkyl or cyclic N) is 1. The maximum atomic E-state index is 11.4. The largest absolute Gasteiger partial charge is 0.469 e. The number of aliphatic hydroxyl groups excluding tert-OH is 1. The van der Waals surface area contributed by atoms with Crippen molar-refractivity contribution < 1.29 is 14.6 Å². The lowest BCUT2D eigenvalue weighted by molar-refractivity contribution is -0.147. The molecule has 0 aromatic heterocycles. The first kappa shape index (κ1) is 12.1. The molecule has 1 aliphatic heterocycles. The van der Waals surface area contributed by atoms with E-state index < -0.39 is 12.0 Å². The summed E-state index contributed by atoms with van der Waals surface area (Å²) in [5.74, 6) is -0.739. The van der Waals surface area contributed by atoms with Gasteiger partial charge in [0.1, 0.15) is 0 Å². The second kappa shape index (κ2) is 5.29. The SMILES string of the molecule is COC(=O)C1CN(Cc2ccccc2)CC1O. The van der Waals surface area contributed by atoms with Gasteiger partial charge < -0.3 is 9.84 Å². The first-order chi connectivity index (χ1) is 8.20. The molecule has 1 aliphatic rings. The number of carbonyl (C=O) groups is 1. The van der Waals surface area contributed by atoms with E-state index in [0.717, 1.165) is 6.54 Å². The Morgan fingerprint density at radius 3 is 2.76 bits per heavy atom. The first-order valence-electron chi connectivity index (χ1n) is 5.73. The number of carbonyl (C=O) groups excluding carboxylic acids is 1. The fourth-order valence-electron chi connectivity index (χ4n) is 2.22. The molecule has 2 rings (SSSR count). The molecule has 1 aromatic rings. The van der Waals surface area contributed by atoms with Gasteiger partial charge in [0, 0.05) is 19.6 Å². The van der Waals surface area contributed by atoms with E-state index in [-0.39, 0.29) is 5.97 Å². The molecule has 0 bridgehead atoms. The minimum atomic E-state index is -0.619. The van der Waals surface area contributed by atoms with Gasteiger partial charge in [-0.05, 0) is 5.56 Å². The Labute approximate surface area is 101 Å². The lowest BCUT2D eigenvalue weighted by Crippen LogP contribution is -2.27. The Kier molecular flexibility index (Phi) is 3.76. The highest BCUT2D eigenvalue weighted by Gasteiger charge is 2.36. The molecule has 0 aliphatic carbocycles. The van der Waals surface area contributed by atoms with Crippen molar-refractivity contribution in [1.29, 1.82) is 0 Å². The zero-order valence-corrected chi connectivity index (χ0v) is 9.87. The van der Waals surface area contributed by atoms with Gasteiger partial charge in [-0.3, -0.25) is 9.69 Å². The number of benzene rings is 1. The van der Waals surface area contributed by atoms with E-state index in [0.29, 0.717) is 13.1 Å². The molecule has 2 unspecified atom stereocenters. The summed E-state index contributed by atoms with van der Waals surface area (Å²) < 4.78 is 4.68. The van der Waals surface area contributed by atoms with E-state index in [1.165, 1.54) is 12.7 Å². The fraction of sp³-hybridized carbons (Fsp3) is 0.462. The van der Waals surface area contributed by atoms with Gasteiger partial charge in [0.15, 0.2) is 0 Å². The zero-order chi connectivity index (χ0) is 12.3. The second-order valence-electron chi connectivity index (χ2n) is 4.38. The molecular formula is C13H17NO3. The first-order valence-corrected chi connectivity index (χ1v) is 5.73.